The van der Waals surface area contributed by atoms with Gasteiger partial charge < -0.3 is 4.74 Å². The molecule has 0 amide bonds. The molecule has 0 N–H and O–H groups in total. The van der Waals surface area contributed by atoms with Gasteiger partial charge in [0, 0.05) is 16.3 Å². The fourth-order valence-electron chi connectivity index (χ4n) is 3.38. The standard InChI is InChI=1S/C14H15Br2NO3/c15-10-4-3-9(17(18)19)7-11(10)20-13-8-12(16)14(13)5-1-2-6-14/h3-4,7,12-13H,1-2,5-6,8H2. The number of ether oxygens (including phenoxy) is 1. The summed E-state index contributed by atoms with van der Waals surface area (Å²) in [6.45, 7) is 0. The van der Waals surface area contributed by atoms with Crippen molar-refractivity contribution in [3.8, 4) is 5.75 Å². The van der Waals surface area contributed by atoms with Gasteiger partial charge in [-0.25, -0.2) is 0 Å². The molecule has 3 rings (SSSR count). The van der Waals surface area contributed by atoms with Crippen LogP contribution in [0.25, 0.3) is 0 Å². The molecule has 1 spiro atoms. The van der Waals surface area contributed by atoms with E-state index in [0.29, 0.717) is 10.6 Å². The molecule has 0 heterocycles. The second-order valence-corrected chi connectivity index (χ2v) is 7.58. The summed E-state index contributed by atoms with van der Waals surface area (Å²) in [5, 5.41) is 10.9. The van der Waals surface area contributed by atoms with Crippen LogP contribution < -0.4 is 4.74 Å². The molecule has 2 unspecified atom stereocenters. The highest BCUT2D eigenvalue weighted by Gasteiger charge is 2.56. The van der Waals surface area contributed by atoms with Crippen molar-refractivity contribution in [2.75, 3.05) is 0 Å². The minimum Gasteiger partial charge on any atom is -0.488 e. The quantitative estimate of drug-likeness (QED) is 0.411. The van der Waals surface area contributed by atoms with Crippen LogP contribution in [0.3, 0.4) is 0 Å². The van der Waals surface area contributed by atoms with Crippen molar-refractivity contribution in [2.45, 2.75) is 43.0 Å². The van der Waals surface area contributed by atoms with Gasteiger partial charge in [-0.1, -0.05) is 28.8 Å². The zero-order valence-corrected chi connectivity index (χ0v) is 14.0. The van der Waals surface area contributed by atoms with E-state index in [0.717, 1.165) is 10.9 Å². The van der Waals surface area contributed by atoms with Crippen LogP contribution >= 0.6 is 31.9 Å². The maximum absolute atomic E-state index is 10.9. The lowest BCUT2D eigenvalue weighted by Crippen LogP contribution is -2.55. The summed E-state index contributed by atoms with van der Waals surface area (Å²) >= 11 is 7.17. The van der Waals surface area contributed by atoms with Gasteiger partial charge in [-0.15, -0.1) is 0 Å². The first-order valence-electron chi connectivity index (χ1n) is 6.77. The molecule has 2 aliphatic carbocycles. The minimum atomic E-state index is -0.390. The molecule has 1 aromatic rings. The normalized spacial score (nSPS) is 27.3. The van der Waals surface area contributed by atoms with E-state index in [2.05, 4.69) is 31.9 Å². The average molecular weight is 405 g/mol. The van der Waals surface area contributed by atoms with E-state index in [9.17, 15) is 10.1 Å². The molecule has 1 aromatic carbocycles. The summed E-state index contributed by atoms with van der Waals surface area (Å²) in [6, 6.07) is 4.67. The Hall–Kier alpha value is -0.620. The molecule has 20 heavy (non-hydrogen) atoms. The fourth-order valence-corrected chi connectivity index (χ4v) is 4.81. The van der Waals surface area contributed by atoms with Crippen molar-refractivity contribution in [1.29, 1.82) is 0 Å². The third-order valence-corrected chi connectivity index (χ3v) is 6.56. The third kappa shape index (κ3) is 2.26. The van der Waals surface area contributed by atoms with Crippen LogP contribution in [-0.4, -0.2) is 15.9 Å². The van der Waals surface area contributed by atoms with Crippen LogP contribution in [0.1, 0.15) is 32.1 Å². The van der Waals surface area contributed by atoms with Gasteiger partial charge in [-0.3, -0.25) is 10.1 Å². The molecule has 0 radical (unpaired) electrons. The summed E-state index contributed by atoms with van der Waals surface area (Å²) in [5.41, 5.74) is 0.294. The Kier molecular flexibility index (Phi) is 3.79. The van der Waals surface area contributed by atoms with Gasteiger partial charge >= 0.3 is 0 Å². The number of benzene rings is 1. The molecule has 2 atom stereocenters. The van der Waals surface area contributed by atoms with Crippen molar-refractivity contribution < 1.29 is 9.66 Å². The monoisotopic (exact) mass is 403 g/mol. The van der Waals surface area contributed by atoms with Gasteiger partial charge in [0.05, 0.1) is 15.5 Å². The number of rotatable bonds is 3. The predicted octanol–water partition coefficient (Wildman–Crippen LogP) is 4.83. The fraction of sp³-hybridized carbons (Fsp3) is 0.571. The van der Waals surface area contributed by atoms with Crippen LogP contribution in [0.15, 0.2) is 22.7 Å². The molecule has 2 fully saturated rings. The predicted molar refractivity (Wildman–Crippen MR) is 83.4 cm³/mol. The van der Waals surface area contributed by atoms with Crippen molar-refractivity contribution in [3.63, 3.8) is 0 Å². The van der Waals surface area contributed by atoms with Crippen LogP contribution in [0.2, 0.25) is 0 Å². The van der Waals surface area contributed by atoms with E-state index < -0.39 is 4.92 Å². The van der Waals surface area contributed by atoms with E-state index >= 15 is 0 Å². The molecule has 108 valence electrons. The summed E-state index contributed by atoms with van der Waals surface area (Å²) in [4.78, 5) is 11.0. The third-order valence-electron chi connectivity index (χ3n) is 4.62. The van der Waals surface area contributed by atoms with Gasteiger partial charge in [-0.05, 0) is 41.3 Å². The number of halogens is 2. The van der Waals surface area contributed by atoms with Gasteiger partial charge in [0.1, 0.15) is 11.9 Å². The Labute approximate surface area is 134 Å². The number of nitro benzene ring substituents is 1. The summed E-state index contributed by atoms with van der Waals surface area (Å²) in [7, 11) is 0. The topological polar surface area (TPSA) is 52.4 Å². The number of hydrogen-bond acceptors (Lipinski definition) is 3. The summed E-state index contributed by atoms with van der Waals surface area (Å²) < 4.78 is 6.87. The second-order valence-electron chi connectivity index (χ2n) is 5.62. The number of nitro groups is 1. The Morgan fingerprint density at radius 3 is 2.65 bits per heavy atom. The Morgan fingerprint density at radius 2 is 2.05 bits per heavy atom. The lowest BCUT2D eigenvalue weighted by molar-refractivity contribution is -0.385. The van der Waals surface area contributed by atoms with Crippen molar-refractivity contribution >= 4 is 37.5 Å². The summed E-state index contributed by atoms with van der Waals surface area (Å²) in [5.74, 6) is 0.579. The zero-order valence-electron chi connectivity index (χ0n) is 10.9. The molecule has 2 aliphatic rings. The molecule has 4 nitrogen and oxygen atoms in total. The number of alkyl halides is 1. The van der Waals surface area contributed by atoms with Crippen LogP contribution in [0.5, 0.6) is 5.75 Å². The van der Waals surface area contributed by atoms with Crippen LogP contribution in [0, 0.1) is 15.5 Å². The second kappa shape index (κ2) is 5.30. The highest BCUT2D eigenvalue weighted by Crippen LogP contribution is 2.58. The largest absolute Gasteiger partial charge is 0.488 e. The molecule has 0 saturated heterocycles. The Balaban J connectivity index is 1.81. The lowest BCUT2D eigenvalue weighted by Gasteiger charge is -2.51. The Morgan fingerprint density at radius 1 is 1.35 bits per heavy atom. The molecule has 0 aromatic heterocycles. The van der Waals surface area contributed by atoms with Crippen molar-refractivity contribution in [3.05, 3.63) is 32.8 Å². The van der Waals surface area contributed by atoms with Gasteiger partial charge in [0.15, 0.2) is 0 Å². The number of non-ortho nitro benzene ring substituents is 1. The first kappa shape index (κ1) is 14.3. The van der Waals surface area contributed by atoms with Gasteiger partial charge in [0.2, 0.25) is 0 Å². The maximum Gasteiger partial charge on any atom is 0.273 e. The molecule has 2 saturated carbocycles. The van der Waals surface area contributed by atoms with Crippen LogP contribution in [0.4, 0.5) is 5.69 Å². The molecular formula is C14H15Br2NO3. The summed E-state index contributed by atoms with van der Waals surface area (Å²) in [6.07, 6.45) is 5.98. The van der Waals surface area contributed by atoms with E-state index in [4.69, 9.17) is 4.74 Å². The molecule has 0 aliphatic heterocycles. The molecular weight excluding hydrogens is 390 g/mol. The highest BCUT2D eigenvalue weighted by molar-refractivity contribution is 9.10. The van der Waals surface area contributed by atoms with E-state index in [-0.39, 0.29) is 17.2 Å². The van der Waals surface area contributed by atoms with E-state index in [1.165, 1.54) is 37.8 Å². The lowest BCUT2D eigenvalue weighted by atomic mass is 9.64. The first-order valence-corrected chi connectivity index (χ1v) is 8.48. The molecule has 0 bridgehead atoms. The van der Waals surface area contributed by atoms with Crippen LogP contribution in [-0.2, 0) is 0 Å². The minimum absolute atomic E-state index is 0.0680. The SMILES string of the molecule is O=[N+]([O-])c1ccc(Br)c(OC2CC(Br)C23CCCC3)c1. The van der Waals surface area contributed by atoms with Crippen molar-refractivity contribution in [1.82, 2.24) is 0 Å². The number of hydrogen-bond donors (Lipinski definition) is 0. The molecule has 6 heteroatoms. The van der Waals surface area contributed by atoms with E-state index in [1.54, 1.807) is 6.07 Å². The van der Waals surface area contributed by atoms with Gasteiger partial charge in [0.25, 0.3) is 5.69 Å². The highest BCUT2D eigenvalue weighted by atomic mass is 79.9. The first-order chi connectivity index (χ1) is 9.53. The zero-order chi connectivity index (χ0) is 14.3. The smallest absolute Gasteiger partial charge is 0.273 e. The maximum atomic E-state index is 10.9. The number of nitrogens with zero attached hydrogens (tertiary/aromatic N) is 1. The van der Waals surface area contributed by atoms with Crippen molar-refractivity contribution in [2.24, 2.45) is 5.41 Å². The average Bonchev–Trinajstić information content (AvgIpc) is 2.92. The van der Waals surface area contributed by atoms with E-state index in [1.807, 2.05) is 0 Å². The van der Waals surface area contributed by atoms with Gasteiger partial charge in [-0.2, -0.15) is 0 Å². The Bertz CT molecular complexity index is 543.